The molecule has 240 valence electrons. The number of nitrogens with one attached hydrogen (secondary N) is 8. The van der Waals surface area contributed by atoms with Crippen LogP contribution in [0.15, 0.2) is 30.5 Å². The Morgan fingerprint density at radius 3 is 2.09 bits per heavy atom. The van der Waals surface area contributed by atoms with Crippen molar-refractivity contribution in [2.24, 2.45) is 11.7 Å². The van der Waals surface area contributed by atoms with Gasteiger partial charge in [-0.25, -0.2) is 14.4 Å². The van der Waals surface area contributed by atoms with Gasteiger partial charge in [0.1, 0.15) is 0 Å². The molecule has 13 nitrogen and oxygen atoms in total. The van der Waals surface area contributed by atoms with E-state index in [1.807, 2.05) is 58.2 Å². The molecule has 0 aliphatic heterocycles. The Bertz CT molecular complexity index is 1170. The smallest absolute Gasteiger partial charge is 0.315 e. The molecule has 1 aromatic heterocycles. The lowest BCUT2D eigenvalue weighted by Gasteiger charge is -2.25. The van der Waals surface area contributed by atoms with E-state index < -0.39 is 6.03 Å². The minimum Gasteiger partial charge on any atom is -0.361 e. The Balaban J connectivity index is 1.95. The van der Waals surface area contributed by atoms with E-state index in [1.165, 1.54) is 6.92 Å². The third kappa shape index (κ3) is 13.7. The number of amides is 7. The summed E-state index contributed by atoms with van der Waals surface area (Å²) in [6.07, 6.45) is 4.62. The number of aromatic amines is 1. The lowest BCUT2D eigenvalue weighted by molar-refractivity contribution is -0.119. The lowest BCUT2D eigenvalue weighted by Crippen LogP contribution is -2.55. The number of rotatable bonds is 17. The van der Waals surface area contributed by atoms with Crippen molar-refractivity contribution in [2.75, 3.05) is 26.2 Å². The van der Waals surface area contributed by atoms with Crippen molar-refractivity contribution in [3.05, 3.63) is 36.0 Å². The highest BCUT2D eigenvalue weighted by atomic mass is 16.2. The fraction of sp³-hybridized carbons (Fsp3) is 0.600. The standard InChI is InChI=1S/C30H51N9O4/c1-19(2)27(39-30(43)36-20(3)4)18-35-29(42)37-23(10-8-9-13-31)16-34-28(41)38-24(17-32-21(5)40)14-22-15-33-26-12-7-6-11-25(22)26/h6-7,11-12,15,19-20,23-24,27,33H,8-10,13-14,16-18,31H2,1-5H3,(H,32,40)(H2,34,38,41)(H2,35,37,42)(H2,36,39,43)/t23-,24-,27+/m0/s1. The number of benzene rings is 1. The largest absolute Gasteiger partial charge is 0.361 e. The summed E-state index contributed by atoms with van der Waals surface area (Å²) in [4.78, 5) is 52.7. The molecule has 0 saturated carbocycles. The second-order valence-electron chi connectivity index (χ2n) is 11.5. The van der Waals surface area contributed by atoms with Gasteiger partial charge in [0.25, 0.3) is 0 Å². The van der Waals surface area contributed by atoms with Crippen LogP contribution in [0.1, 0.15) is 59.4 Å². The number of hydrogen-bond acceptors (Lipinski definition) is 5. The van der Waals surface area contributed by atoms with E-state index in [1.54, 1.807) is 0 Å². The van der Waals surface area contributed by atoms with Crippen LogP contribution in [0.3, 0.4) is 0 Å². The summed E-state index contributed by atoms with van der Waals surface area (Å²) >= 11 is 0. The molecule has 43 heavy (non-hydrogen) atoms. The number of carbonyl (C=O) groups is 4. The molecule has 0 saturated heterocycles. The maximum absolute atomic E-state index is 12.9. The number of unbranched alkanes of at least 4 members (excludes halogenated alkanes) is 1. The second kappa shape index (κ2) is 18.5. The predicted octanol–water partition coefficient (Wildman–Crippen LogP) is 2.04. The summed E-state index contributed by atoms with van der Waals surface area (Å²) < 4.78 is 0. The fourth-order valence-corrected chi connectivity index (χ4v) is 4.58. The number of hydrogen-bond donors (Lipinski definition) is 9. The van der Waals surface area contributed by atoms with Crippen LogP contribution in [0.2, 0.25) is 0 Å². The average molecular weight is 602 g/mol. The van der Waals surface area contributed by atoms with Gasteiger partial charge in [-0.15, -0.1) is 0 Å². The Labute approximate surface area is 254 Å². The van der Waals surface area contributed by atoms with Crippen LogP contribution >= 0.6 is 0 Å². The highest BCUT2D eigenvalue weighted by Gasteiger charge is 2.20. The van der Waals surface area contributed by atoms with Crippen molar-refractivity contribution >= 4 is 34.9 Å². The van der Waals surface area contributed by atoms with Crippen molar-refractivity contribution in [1.82, 2.24) is 42.2 Å². The Morgan fingerprint density at radius 2 is 1.44 bits per heavy atom. The van der Waals surface area contributed by atoms with E-state index in [-0.39, 0.29) is 67.7 Å². The van der Waals surface area contributed by atoms with Crippen LogP contribution in [-0.4, -0.2) is 79.3 Å². The quantitative estimate of drug-likeness (QED) is 0.125. The topological polar surface area (TPSA) is 194 Å². The summed E-state index contributed by atoms with van der Waals surface area (Å²) in [5, 5.41) is 21.2. The molecule has 0 bridgehead atoms. The molecular formula is C30H51N9O4. The Hall–Kier alpha value is -4.00. The van der Waals surface area contributed by atoms with Crippen LogP contribution in [-0.2, 0) is 11.2 Å². The van der Waals surface area contributed by atoms with Crippen LogP contribution in [0.25, 0.3) is 10.9 Å². The van der Waals surface area contributed by atoms with Gasteiger partial charge in [-0.3, -0.25) is 4.79 Å². The second-order valence-corrected chi connectivity index (χ2v) is 11.5. The third-order valence-electron chi connectivity index (χ3n) is 6.95. The highest BCUT2D eigenvalue weighted by molar-refractivity contribution is 5.83. The minimum absolute atomic E-state index is 0.00254. The van der Waals surface area contributed by atoms with Crippen LogP contribution in [0.4, 0.5) is 14.4 Å². The van der Waals surface area contributed by atoms with Gasteiger partial charge < -0.3 is 47.9 Å². The SMILES string of the molecule is CC(=O)NC[C@H](Cc1c[nH]c2ccccc12)NC(=O)NC[C@H](CCCCN)NC(=O)NC[C@@H](NC(=O)NC(C)C)C(C)C. The predicted molar refractivity (Wildman–Crippen MR) is 170 cm³/mol. The first-order chi connectivity index (χ1) is 20.5. The van der Waals surface area contributed by atoms with Gasteiger partial charge in [0.05, 0.1) is 12.1 Å². The molecular weight excluding hydrogens is 550 g/mol. The zero-order valence-electron chi connectivity index (χ0n) is 26.1. The van der Waals surface area contributed by atoms with E-state index in [0.29, 0.717) is 19.4 Å². The first-order valence-electron chi connectivity index (χ1n) is 15.1. The first kappa shape index (κ1) is 35.2. The molecule has 0 aliphatic carbocycles. The fourth-order valence-electron chi connectivity index (χ4n) is 4.58. The average Bonchev–Trinajstić information content (AvgIpc) is 3.34. The summed E-state index contributed by atoms with van der Waals surface area (Å²) in [5.74, 6) is -0.0876. The van der Waals surface area contributed by atoms with E-state index in [2.05, 4.69) is 42.2 Å². The van der Waals surface area contributed by atoms with Crippen LogP contribution < -0.4 is 43.0 Å². The zero-order chi connectivity index (χ0) is 31.8. The van der Waals surface area contributed by atoms with Gasteiger partial charge in [-0.1, -0.05) is 38.5 Å². The van der Waals surface area contributed by atoms with Crippen molar-refractivity contribution in [3.8, 4) is 0 Å². The molecule has 2 rings (SSSR count). The van der Waals surface area contributed by atoms with E-state index in [4.69, 9.17) is 5.73 Å². The molecule has 0 fully saturated rings. The molecule has 7 amide bonds. The minimum atomic E-state index is -0.401. The molecule has 10 N–H and O–H groups in total. The van der Waals surface area contributed by atoms with Gasteiger partial charge in [-0.2, -0.15) is 0 Å². The summed E-state index contributed by atoms with van der Waals surface area (Å²) in [6, 6.07) is 5.87. The molecule has 13 heteroatoms. The first-order valence-corrected chi connectivity index (χ1v) is 15.1. The van der Waals surface area contributed by atoms with Crippen molar-refractivity contribution in [3.63, 3.8) is 0 Å². The number of nitrogens with two attached hydrogens (primary N) is 1. The van der Waals surface area contributed by atoms with Gasteiger partial charge >= 0.3 is 18.1 Å². The number of para-hydroxylation sites is 1. The van der Waals surface area contributed by atoms with Crippen molar-refractivity contribution in [1.29, 1.82) is 0 Å². The molecule has 3 atom stereocenters. The summed E-state index contributed by atoms with van der Waals surface area (Å²) in [6.45, 7) is 10.4. The summed E-state index contributed by atoms with van der Waals surface area (Å²) in [7, 11) is 0. The molecule has 0 radical (unpaired) electrons. The molecule has 0 unspecified atom stereocenters. The molecule has 1 heterocycles. The number of carbonyl (C=O) groups excluding carboxylic acids is 4. The molecule has 0 spiro atoms. The number of fused-ring (bicyclic) bond motifs is 1. The van der Waals surface area contributed by atoms with Crippen molar-refractivity contribution in [2.45, 2.75) is 84.5 Å². The normalized spacial score (nSPS) is 13.2. The van der Waals surface area contributed by atoms with Crippen LogP contribution in [0.5, 0.6) is 0 Å². The van der Waals surface area contributed by atoms with Gasteiger partial charge in [-0.05, 0) is 57.2 Å². The van der Waals surface area contributed by atoms with E-state index in [0.717, 1.165) is 29.3 Å². The number of aromatic nitrogens is 1. The molecule has 0 aliphatic rings. The monoisotopic (exact) mass is 601 g/mol. The maximum atomic E-state index is 12.9. The van der Waals surface area contributed by atoms with E-state index >= 15 is 0 Å². The zero-order valence-corrected chi connectivity index (χ0v) is 26.1. The van der Waals surface area contributed by atoms with Gasteiger partial charge in [0.2, 0.25) is 5.91 Å². The van der Waals surface area contributed by atoms with E-state index in [9.17, 15) is 19.2 Å². The van der Waals surface area contributed by atoms with Crippen LogP contribution in [0, 0.1) is 5.92 Å². The molecule has 2 aromatic rings. The number of H-pyrrole nitrogens is 1. The van der Waals surface area contributed by atoms with Gasteiger partial charge in [0.15, 0.2) is 0 Å². The third-order valence-corrected chi connectivity index (χ3v) is 6.95. The van der Waals surface area contributed by atoms with Gasteiger partial charge in [0, 0.05) is 55.7 Å². The Kier molecular flexibility index (Phi) is 15.2. The lowest BCUT2D eigenvalue weighted by atomic mass is 10.0. The summed E-state index contributed by atoms with van der Waals surface area (Å²) in [5.41, 5.74) is 7.69. The highest BCUT2D eigenvalue weighted by Crippen LogP contribution is 2.19. The van der Waals surface area contributed by atoms with Crippen molar-refractivity contribution < 1.29 is 19.2 Å². The Morgan fingerprint density at radius 1 is 0.791 bits per heavy atom. The number of urea groups is 3. The molecule has 1 aromatic carbocycles. The maximum Gasteiger partial charge on any atom is 0.315 e.